The van der Waals surface area contributed by atoms with Gasteiger partial charge >= 0.3 is 152 Å². The third-order valence-electron chi connectivity index (χ3n) is 18.0. The molecule has 4 radical (unpaired) electrons. The Hall–Kier alpha value is -9.65. The average molecular weight is 1820 g/mol. The fourth-order valence-corrected chi connectivity index (χ4v) is 18.4. The first kappa shape index (κ1) is 76.0. The molecule has 2 aliphatic rings. The maximum absolute atomic E-state index is 12.9. The molecule has 12 aromatic carbocycles. The summed E-state index contributed by atoms with van der Waals surface area (Å²) in [6.45, 7) is 0. The summed E-state index contributed by atoms with van der Waals surface area (Å²) in [7, 11) is -4.60. The SMILES string of the molecule is O=S1(=O)c2ccccc2-c2ccc(-c3ccnc(-c4[c-]cccc4)c3)cc21.O=S1c2ccccc2-c2ccc(-c3ccnc(-c4[c-]cccc4)c3)cc21.[Rh].[Rh].[Rh].[Rh].[c-]1ccccc1-c1cc(-c2ccc(-c3ccccc3)cc2)ccn1.[c-]1ccccc1-c1cc(-c2ccc3c(c2)[se]c2ccccc23)ccn1. The van der Waals surface area contributed by atoms with Gasteiger partial charge in [-0.1, -0.05) is 133 Å². The summed E-state index contributed by atoms with van der Waals surface area (Å²) in [6, 6.07) is 122. The van der Waals surface area contributed by atoms with Gasteiger partial charge in [0.15, 0.2) is 0 Å². The van der Waals surface area contributed by atoms with E-state index >= 15 is 0 Å². The minimum atomic E-state index is -3.48. The van der Waals surface area contributed by atoms with Crippen molar-refractivity contribution in [2.75, 3.05) is 0 Å². The van der Waals surface area contributed by atoms with Gasteiger partial charge in [-0.25, -0.2) is 12.6 Å². The Bertz CT molecular complexity index is 6060. The van der Waals surface area contributed by atoms with E-state index in [2.05, 4.69) is 178 Å². The first-order valence-electron chi connectivity index (χ1n) is 33.2. The molecule has 5 aromatic heterocycles. The van der Waals surface area contributed by atoms with Gasteiger partial charge in [0.05, 0.1) is 30.4 Å². The first-order chi connectivity index (χ1) is 50.2. The number of aromatic nitrogens is 4. The van der Waals surface area contributed by atoms with Crippen LogP contribution in [0, 0.1) is 24.3 Å². The first-order valence-corrected chi connectivity index (χ1v) is 37.5. The zero-order valence-electron chi connectivity index (χ0n) is 56.1. The molecule has 522 valence electrons. The van der Waals surface area contributed by atoms with Gasteiger partial charge in [0, 0.05) is 108 Å². The van der Waals surface area contributed by atoms with Crippen LogP contribution in [0.4, 0.5) is 0 Å². The Morgan fingerprint density at radius 3 is 1.15 bits per heavy atom. The predicted octanol–water partition coefficient (Wildman–Crippen LogP) is 21.8. The molecule has 0 saturated heterocycles. The predicted molar refractivity (Wildman–Crippen MR) is 414 cm³/mol. The zero-order valence-corrected chi connectivity index (χ0v) is 66.0. The monoisotopic (exact) mass is 1820 g/mol. The fourth-order valence-electron chi connectivity index (χ4n) is 12.9. The fraction of sp³-hybridized carbons (Fsp3) is 0. The van der Waals surface area contributed by atoms with Crippen LogP contribution in [0.25, 0.3) is 142 Å². The van der Waals surface area contributed by atoms with Crippen molar-refractivity contribution in [3.05, 3.63) is 377 Å². The molecule has 1 unspecified atom stereocenters. The van der Waals surface area contributed by atoms with Crippen LogP contribution in [0.15, 0.2) is 372 Å². The number of hydrogen-bond acceptors (Lipinski definition) is 7. The molecular weight excluding hydrogens is 1760 g/mol. The number of pyridine rings is 4. The molecule has 0 fully saturated rings. The molecule has 0 bridgehead atoms. The van der Waals surface area contributed by atoms with Gasteiger partial charge < -0.3 is 15.0 Å². The molecule has 7 heterocycles. The van der Waals surface area contributed by atoms with E-state index in [4.69, 9.17) is 0 Å². The van der Waals surface area contributed by atoms with E-state index in [1.54, 1.807) is 24.4 Å². The summed E-state index contributed by atoms with van der Waals surface area (Å²) in [5.74, 6) is 0. The van der Waals surface area contributed by atoms with Crippen molar-refractivity contribution in [3.63, 3.8) is 0 Å². The molecule has 0 amide bonds. The van der Waals surface area contributed by atoms with Gasteiger partial charge in [-0.05, 0) is 115 Å². The van der Waals surface area contributed by atoms with Crippen molar-refractivity contribution in [1.82, 2.24) is 19.9 Å². The van der Waals surface area contributed by atoms with Crippen molar-refractivity contribution >= 4 is 54.4 Å². The van der Waals surface area contributed by atoms with Crippen molar-refractivity contribution in [2.45, 2.75) is 19.6 Å². The molecular formula is C92H58N4O3Rh4S2Se-4. The number of nitrogens with zero attached hydrogens (tertiary/aromatic N) is 4. The Morgan fingerprint density at radius 1 is 0.274 bits per heavy atom. The van der Waals surface area contributed by atoms with Crippen LogP contribution in [-0.2, 0) is 98.5 Å². The van der Waals surface area contributed by atoms with Gasteiger partial charge in [-0.15, -0.1) is 108 Å². The summed E-state index contributed by atoms with van der Waals surface area (Å²) in [6.07, 6.45) is 7.29. The van der Waals surface area contributed by atoms with Crippen LogP contribution in [0.1, 0.15) is 0 Å². The molecule has 106 heavy (non-hydrogen) atoms. The molecule has 0 N–H and O–H groups in total. The molecule has 17 aromatic rings. The number of rotatable bonds is 9. The van der Waals surface area contributed by atoms with Gasteiger partial charge in [0.1, 0.15) is 0 Å². The molecule has 0 aliphatic carbocycles. The van der Waals surface area contributed by atoms with Crippen molar-refractivity contribution in [2.24, 2.45) is 0 Å². The number of sulfone groups is 1. The van der Waals surface area contributed by atoms with E-state index < -0.39 is 20.6 Å². The van der Waals surface area contributed by atoms with Crippen LogP contribution in [0.5, 0.6) is 0 Å². The summed E-state index contributed by atoms with van der Waals surface area (Å²) in [4.78, 5) is 20.4. The third kappa shape index (κ3) is 16.3. The minimum absolute atomic E-state index is 0. The van der Waals surface area contributed by atoms with E-state index in [0.29, 0.717) is 24.3 Å². The summed E-state index contributed by atoms with van der Waals surface area (Å²) in [5.41, 5.74) is 22.3. The topological polar surface area (TPSA) is 103 Å². The normalized spacial score (nSPS) is 12.1. The number of fused-ring (bicyclic) bond motifs is 9. The molecule has 0 spiro atoms. The van der Waals surface area contributed by atoms with Crippen LogP contribution in [0.3, 0.4) is 0 Å². The standard InChI is InChI=1S/C23H14NO2S.C23H14NOS.C23H14NSe.C23H16N.4Rh/c25-27(26)22-9-5-4-8-19(22)20-11-10-17(15-23(20)27)18-12-13-24-21(14-18)16-6-2-1-3-7-16;25-26-22-9-5-4-8-19(22)20-11-10-17(15-23(20)26)18-12-13-24-21(14-18)16-6-2-1-3-7-16;1-2-6-16(7-3-1)21-14-18(12-13-24-21)17-10-11-20-19-8-4-5-9-22(19)25-23(20)15-17;1-3-7-18(8-4-1)19-11-13-20(14-12-19)22-15-16-24-23(17-22)21-9-5-2-6-10-21;;;;/h1-6,8-15H;1-6,8-15H;1-6,8-15H;1-9,11-17H;;;;/q4*-1;;;;. The molecule has 7 nitrogen and oxygen atoms in total. The van der Waals surface area contributed by atoms with Crippen LogP contribution < -0.4 is 0 Å². The molecule has 14 heteroatoms. The second-order valence-corrected chi connectivity index (χ2v) is 29.8. The van der Waals surface area contributed by atoms with Crippen LogP contribution in [-0.4, -0.2) is 47.1 Å². The average Bonchev–Trinajstić information content (AvgIpc) is 1.59. The van der Waals surface area contributed by atoms with Gasteiger partial charge in [0.25, 0.3) is 0 Å². The van der Waals surface area contributed by atoms with Crippen molar-refractivity contribution < 1.29 is 90.5 Å². The molecule has 19 rings (SSSR count). The number of hydrogen-bond donors (Lipinski definition) is 0. The van der Waals surface area contributed by atoms with E-state index in [0.717, 1.165) is 105 Å². The van der Waals surface area contributed by atoms with Gasteiger partial charge in [-0.2, -0.15) is 0 Å². The third-order valence-corrected chi connectivity index (χ3v) is 23.7. The van der Waals surface area contributed by atoms with Crippen LogP contribution >= 0.6 is 0 Å². The molecule has 1 atom stereocenters. The quantitative estimate of drug-likeness (QED) is 0.105. The Kier molecular flexibility index (Phi) is 24.9. The van der Waals surface area contributed by atoms with Crippen molar-refractivity contribution in [3.8, 4) is 123 Å². The Balaban J connectivity index is 0.000000131. The second kappa shape index (κ2) is 34.7. The van der Waals surface area contributed by atoms with E-state index in [9.17, 15) is 12.6 Å². The summed E-state index contributed by atoms with van der Waals surface area (Å²) >= 11 is 0.394. The summed E-state index contributed by atoms with van der Waals surface area (Å²) in [5, 5.41) is 2.79. The molecule has 2 aliphatic heterocycles. The van der Waals surface area contributed by atoms with Gasteiger partial charge in [0.2, 0.25) is 9.84 Å². The maximum atomic E-state index is 12.9. The van der Waals surface area contributed by atoms with Crippen molar-refractivity contribution in [1.29, 1.82) is 0 Å². The summed E-state index contributed by atoms with van der Waals surface area (Å²) < 4.78 is 41.7. The second-order valence-electron chi connectivity index (χ2n) is 24.3. The zero-order chi connectivity index (χ0) is 68.8. The number of benzene rings is 12. The van der Waals surface area contributed by atoms with Crippen LogP contribution in [0.2, 0.25) is 0 Å². The van der Waals surface area contributed by atoms with E-state index in [1.807, 2.05) is 195 Å². The van der Waals surface area contributed by atoms with E-state index in [-0.39, 0.29) is 77.9 Å². The Labute approximate surface area is 677 Å². The van der Waals surface area contributed by atoms with Gasteiger partial charge in [-0.3, -0.25) is 0 Å². The Morgan fingerprint density at radius 2 is 0.632 bits per heavy atom. The van der Waals surface area contributed by atoms with E-state index in [1.165, 1.54) is 47.1 Å². The molecule has 0 saturated carbocycles.